The molecule has 3 aliphatic rings. The first kappa shape index (κ1) is 22.8. The van der Waals surface area contributed by atoms with Crippen LogP contribution in [-0.2, 0) is 6.42 Å². The summed E-state index contributed by atoms with van der Waals surface area (Å²) >= 11 is 0. The number of piperazine rings is 1. The van der Waals surface area contributed by atoms with Crippen LogP contribution < -0.4 is 5.32 Å². The summed E-state index contributed by atoms with van der Waals surface area (Å²) in [7, 11) is 0. The Morgan fingerprint density at radius 2 is 2.00 bits per heavy atom. The molecule has 29 heavy (non-hydrogen) atoms. The van der Waals surface area contributed by atoms with E-state index in [0.717, 1.165) is 49.3 Å². The molecule has 1 aromatic rings. The number of nitrogens with zero attached hydrogens (tertiary/aromatic N) is 5. The molecule has 1 aromatic heterocycles. The van der Waals surface area contributed by atoms with E-state index in [-0.39, 0.29) is 24.0 Å². The van der Waals surface area contributed by atoms with E-state index in [4.69, 9.17) is 9.52 Å². The van der Waals surface area contributed by atoms with Gasteiger partial charge in [0.1, 0.15) is 0 Å². The zero-order valence-electron chi connectivity index (χ0n) is 18.1. The maximum Gasteiger partial charge on any atom is 0.228 e. The second kappa shape index (κ2) is 10.4. The third-order valence-corrected chi connectivity index (χ3v) is 6.71. The fourth-order valence-electron chi connectivity index (χ4n) is 5.21. The Labute approximate surface area is 192 Å². The highest BCUT2D eigenvalue weighted by atomic mass is 127. The quantitative estimate of drug-likeness (QED) is 0.356. The van der Waals surface area contributed by atoms with E-state index in [1.54, 1.807) is 0 Å². The van der Waals surface area contributed by atoms with Crippen molar-refractivity contribution in [2.24, 2.45) is 16.8 Å². The van der Waals surface area contributed by atoms with Crippen LogP contribution in [0.4, 0.5) is 0 Å². The second-order valence-electron chi connectivity index (χ2n) is 8.95. The minimum atomic E-state index is 0. The normalized spacial score (nSPS) is 27.5. The molecule has 8 heteroatoms. The predicted octanol–water partition coefficient (Wildman–Crippen LogP) is 3.13. The van der Waals surface area contributed by atoms with E-state index in [2.05, 4.69) is 46.0 Å². The van der Waals surface area contributed by atoms with E-state index >= 15 is 0 Å². The number of rotatable bonds is 6. The van der Waals surface area contributed by atoms with E-state index in [1.165, 1.54) is 38.8 Å². The number of hydrogen-bond acceptors (Lipinski definition) is 5. The Morgan fingerprint density at radius 3 is 2.59 bits per heavy atom. The molecule has 2 saturated carbocycles. The SMILES string of the molecule is CCNC(=NCCc1nc(C(C)C)no1)N1CCN(C2CC3CCC2C3)CC1.I. The monoisotopic (exact) mass is 516 g/mol. The average molecular weight is 516 g/mol. The van der Waals surface area contributed by atoms with Gasteiger partial charge in [-0.25, -0.2) is 0 Å². The Morgan fingerprint density at radius 1 is 1.21 bits per heavy atom. The summed E-state index contributed by atoms with van der Waals surface area (Å²) in [6.45, 7) is 12.3. The Bertz CT molecular complexity index is 670. The van der Waals surface area contributed by atoms with Crippen molar-refractivity contribution in [3.63, 3.8) is 0 Å². The van der Waals surface area contributed by atoms with Gasteiger partial charge in [0.15, 0.2) is 11.8 Å². The van der Waals surface area contributed by atoms with Crippen molar-refractivity contribution >= 4 is 29.9 Å². The van der Waals surface area contributed by atoms with Gasteiger partial charge in [0.25, 0.3) is 0 Å². The maximum absolute atomic E-state index is 5.34. The van der Waals surface area contributed by atoms with Crippen LogP contribution >= 0.6 is 24.0 Å². The van der Waals surface area contributed by atoms with Crippen molar-refractivity contribution in [3.05, 3.63) is 11.7 Å². The second-order valence-corrected chi connectivity index (χ2v) is 8.95. The van der Waals surface area contributed by atoms with Crippen LogP contribution in [0.15, 0.2) is 9.52 Å². The zero-order chi connectivity index (χ0) is 19.5. The molecule has 1 aliphatic heterocycles. The summed E-state index contributed by atoms with van der Waals surface area (Å²) < 4.78 is 5.34. The third kappa shape index (κ3) is 5.42. The molecule has 0 spiro atoms. The fourth-order valence-corrected chi connectivity index (χ4v) is 5.21. The van der Waals surface area contributed by atoms with Crippen LogP contribution in [0.3, 0.4) is 0 Å². The van der Waals surface area contributed by atoms with Gasteiger partial charge in [-0.3, -0.25) is 9.89 Å². The van der Waals surface area contributed by atoms with Gasteiger partial charge < -0.3 is 14.7 Å². The van der Waals surface area contributed by atoms with Gasteiger partial charge in [-0.2, -0.15) is 4.98 Å². The molecule has 7 nitrogen and oxygen atoms in total. The fraction of sp³-hybridized carbons (Fsp3) is 0.857. The largest absolute Gasteiger partial charge is 0.357 e. The number of nitrogens with one attached hydrogen (secondary N) is 1. The molecule has 0 radical (unpaired) electrons. The summed E-state index contributed by atoms with van der Waals surface area (Å²) in [5, 5.41) is 7.50. The van der Waals surface area contributed by atoms with Crippen molar-refractivity contribution in [3.8, 4) is 0 Å². The molecule has 4 rings (SSSR count). The number of halogens is 1. The first-order valence-corrected chi connectivity index (χ1v) is 11.2. The molecule has 0 amide bonds. The lowest BCUT2D eigenvalue weighted by molar-refractivity contribution is 0.0958. The first-order chi connectivity index (χ1) is 13.6. The summed E-state index contributed by atoms with van der Waals surface area (Å²) in [4.78, 5) is 14.5. The van der Waals surface area contributed by atoms with Crippen LogP contribution in [0.2, 0.25) is 0 Å². The molecular weight excluding hydrogens is 479 g/mol. The van der Waals surface area contributed by atoms with Gasteiger partial charge >= 0.3 is 0 Å². The highest BCUT2D eigenvalue weighted by molar-refractivity contribution is 14.0. The molecule has 3 atom stereocenters. The molecular formula is C21H37IN6O. The lowest BCUT2D eigenvalue weighted by Gasteiger charge is -2.42. The molecule has 2 heterocycles. The minimum absolute atomic E-state index is 0. The molecule has 164 valence electrons. The highest BCUT2D eigenvalue weighted by Crippen LogP contribution is 2.46. The van der Waals surface area contributed by atoms with Gasteiger partial charge in [0, 0.05) is 51.1 Å². The van der Waals surface area contributed by atoms with Gasteiger partial charge in [-0.15, -0.1) is 24.0 Å². The number of fused-ring (bicyclic) bond motifs is 2. The minimum Gasteiger partial charge on any atom is -0.357 e. The third-order valence-electron chi connectivity index (χ3n) is 6.71. The highest BCUT2D eigenvalue weighted by Gasteiger charge is 2.42. The lowest BCUT2D eigenvalue weighted by Crippen LogP contribution is -2.55. The van der Waals surface area contributed by atoms with Crippen molar-refractivity contribution < 1.29 is 4.52 Å². The number of aromatic nitrogens is 2. The smallest absolute Gasteiger partial charge is 0.228 e. The van der Waals surface area contributed by atoms with Crippen molar-refractivity contribution in [2.75, 3.05) is 39.3 Å². The number of guanidine groups is 1. The van der Waals surface area contributed by atoms with Crippen molar-refractivity contribution in [1.29, 1.82) is 0 Å². The Kier molecular flexibility index (Phi) is 8.18. The molecule has 1 N–H and O–H groups in total. The van der Waals surface area contributed by atoms with Crippen LogP contribution in [0.5, 0.6) is 0 Å². The molecule has 2 bridgehead atoms. The summed E-state index contributed by atoms with van der Waals surface area (Å²) in [5.74, 6) is 4.78. The van der Waals surface area contributed by atoms with Crippen molar-refractivity contribution in [1.82, 2.24) is 25.3 Å². The number of hydrogen-bond donors (Lipinski definition) is 1. The summed E-state index contributed by atoms with van der Waals surface area (Å²) in [6.07, 6.45) is 6.58. The van der Waals surface area contributed by atoms with Gasteiger partial charge in [-0.05, 0) is 38.0 Å². The average Bonchev–Trinajstić information content (AvgIpc) is 3.44. The summed E-state index contributed by atoms with van der Waals surface area (Å²) in [5.41, 5.74) is 0. The predicted molar refractivity (Wildman–Crippen MR) is 126 cm³/mol. The van der Waals surface area contributed by atoms with E-state index < -0.39 is 0 Å². The van der Waals surface area contributed by atoms with Crippen LogP contribution in [-0.4, -0.2) is 71.2 Å². The molecule has 2 aliphatic carbocycles. The maximum atomic E-state index is 5.34. The molecule has 1 saturated heterocycles. The summed E-state index contributed by atoms with van der Waals surface area (Å²) in [6, 6.07) is 0.855. The lowest BCUT2D eigenvalue weighted by atomic mass is 9.93. The topological polar surface area (TPSA) is 69.8 Å². The van der Waals surface area contributed by atoms with Gasteiger partial charge in [0.2, 0.25) is 5.89 Å². The first-order valence-electron chi connectivity index (χ1n) is 11.2. The Hall–Kier alpha value is -0.900. The molecule has 3 fully saturated rings. The van der Waals surface area contributed by atoms with Crippen LogP contribution in [0.25, 0.3) is 0 Å². The Balaban J connectivity index is 0.00000240. The molecule has 0 aromatic carbocycles. The molecule has 3 unspecified atom stereocenters. The standard InChI is InChI=1S/C21H36N6O.HI/c1-4-22-21(23-8-7-19-24-20(15(2)3)25-28-19)27-11-9-26(10-12-27)18-14-16-5-6-17(18)13-16;/h15-18H,4-14H2,1-3H3,(H,22,23);1H. The zero-order valence-corrected chi connectivity index (χ0v) is 20.5. The van der Waals surface area contributed by atoms with Crippen LogP contribution in [0, 0.1) is 11.8 Å². The van der Waals surface area contributed by atoms with E-state index in [9.17, 15) is 0 Å². The van der Waals surface area contributed by atoms with E-state index in [0.29, 0.717) is 24.8 Å². The van der Waals surface area contributed by atoms with Crippen LogP contribution in [0.1, 0.15) is 64.1 Å². The number of aliphatic imine (C=N–C) groups is 1. The van der Waals surface area contributed by atoms with E-state index in [1.807, 2.05) is 0 Å². The van der Waals surface area contributed by atoms with Crippen molar-refractivity contribution in [2.45, 2.75) is 64.8 Å². The van der Waals surface area contributed by atoms with Gasteiger partial charge in [-0.1, -0.05) is 25.4 Å². The van der Waals surface area contributed by atoms with Gasteiger partial charge in [0.05, 0.1) is 6.54 Å².